The molecule has 6 nitrogen and oxygen atoms in total. The molecule has 0 saturated carbocycles. The lowest BCUT2D eigenvalue weighted by Gasteiger charge is -2.02. The fourth-order valence-electron chi connectivity index (χ4n) is 2.91. The number of nitrogens with zero attached hydrogens (tertiary/aromatic N) is 4. The summed E-state index contributed by atoms with van der Waals surface area (Å²) in [7, 11) is 0. The van der Waals surface area contributed by atoms with Gasteiger partial charge in [-0.25, -0.2) is 4.68 Å². The molecule has 2 aromatic heterocycles. The fraction of sp³-hybridized carbons (Fsp3) is 0. The molecule has 2 aromatic carbocycles. The number of anilines is 1. The summed E-state index contributed by atoms with van der Waals surface area (Å²) >= 11 is 10.8. The van der Waals surface area contributed by atoms with Crippen LogP contribution in [0.1, 0.15) is 17.0 Å². The molecule has 4 aromatic rings. The molecule has 0 bridgehead atoms. The number of aromatic nitrogens is 2. The molecule has 0 unspecified atom stereocenters. The van der Waals surface area contributed by atoms with E-state index in [0.717, 1.165) is 9.37 Å². The van der Waals surface area contributed by atoms with Crippen LogP contribution in [0, 0.1) is 22.7 Å². The molecule has 0 amide bonds. The van der Waals surface area contributed by atoms with E-state index in [1.807, 2.05) is 42.5 Å². The molecule has 0 atom stereocenters. The number of hydrogen-bond acceptors (Lipinski definition) is 6. The van der Waals surface area contributed by atoms with Gasteiger partial charge in [0.2, 0.25) is 0 Å². The summed E-state index contributed by atoms with van der Waals surface area (Å²) < 4.78 is 8.08. The predicted octanol–water partition coefficient (Wildman–Crippen LogP) is 6.55. The van der Waals surface area contributed by atoms with Crippen molar-refractivity contribution in [2.24, 2.45) is 0 Å². The average Bonchev–Trinajstić information content (AvgIpc) is 3.32. The molecule has 0 aliphatic rings. The number of furan rings is 1. The summed E-state index contributed by atoms with van der Waals surface area (Å²) in [6.07, 6.45) is 1.54. The number of nitrogens with two attached hydrogens (primary N) is 1. The number of nitriles is 2. The van der Waals surface area contributed by atoms with Crippen LogP contribution in [-0.4, -0.2) is 9.78 Å². The number of nitrogen functional groups attached to an aromatic ring is 1. The Balaban J connectivity index is 1.71. The number of hydrogen-bond donors (Lipinski definition) is 1. The van der Waals surface area contributed by atoms with Crippen molar-refractivity contribution in [3.05, 3.63) is 87.2 Å². The minimum atomic E-state index is 0.128. The number of benzene rings is 2. The van der Waals surface area contributed by atoms with E-state index in [4.69, 9.17) is 21.8 Å². The van der Waals surface area contributed by atoms with Gasteiger partial charge in [-0.15, -0.1) is 0 Å². The molecule has 2 N–H and O–H groups in total. The molecule has 0 fully saturated rings. The summed E-state index contributed by atoms with van der Waals surface area (Å²) in [4.78, 5) is 0.946. The monoisotopic (exact) mass is 521 g/mol. The Kier molecular flexibility index (Phi) is 6.38. The Labute approximate surface area is 201 Å². The second kappa shape index (κ2) is 9.37. The van der Waals surface area contributed by atoms with Crippen molar-refractivity contribution < 1.29 is 4.42 Å². The number of halogens is 2. The van der Waals surface area contributed by atoms with E-state index in [2.05, 4.69) is 33.2 Å². The molecule has 32 heavy (non-hydrogen) atoms. The van der Waals surface area contributed by atoms with Gasteiger partial charge in [0.1, 0.15) is 35.0 Å². The zero-order valence-corrected chi connectivity index (χ0v) is 19.4. The molecule has 2 heterocycles. The van der Waals surface area contributed by atoms with Crippen molar-refractivity contribution in [2.75, 3.05) is 5.73 Å². The Morgan fingerprint density at radius 3 is 2.53 bits per heavy atom. The second-order valence-electron chi connectivity index (χ2n) is 6.48. The van der Waals surface area contributed by atoms with Gasteiger partial charge < -0.3 is 10.2 Å². The van der Waals surface area contributed by atoms with Crippen LogP contribution in [0.4, 0.5) is 5.82 Å². The van der Waals surface area contributed by atoms with Crippen LogP contribution < -0.4 is 5.73 Å². The standard InChI is InChI=1S/C23H13BrClN5OS/c24-20-11-17(31-23(20)32-18-8-6-15(25)7-9-18)10-14(12-26)21-19(13-27)22(28)30(29-21)16-4-2-1-3-5-16/h1-11H,28H2/b14-10-. The van der Waals surface area contributed by atoms with E-state index in [1.54, 1.807) is 18.2 Å². The van der Waals surface area contributed by atoms with Gasteiger partial charge in [0.05, 0.1) is 15.7 Å². The number of allylic oxidation sites excluding steroid dienone is 1. The van der Waals surface area contributed by atoms with Gasteiger partial charge in [0, 0.05) is 16.0 Å². The quantitative estimate of drug-likeness (QED) is 0.298. The first-order chi connectivity index (χ1) is 15.5. The molecule has 0 aliphatic heterocycles. The van der Waals surface area contributed by atoms with Crippen molar-refractivity contribution in [1.82, 2.24) is 9.78 Å². The number of para-hydroxylation sites is 1. The Morgan fingerprint density at radius 2 is 1.88 bits per heavy atom. The molecular weight excluding hydrogens is 510 g/mol. The zero-order valence-electron chi connectivity index (χ0n) is 16.3. The van der Waals surface area contributed by atoms with E-state index in [1.165, 1.54) is 22.5 Å². The van der Waals surface area contributed by atoms with E-state index in [0.29, 0.717) is 21.6 Å². The predicted molar refractivity (Wildman–Crippen MR) is 128 cm³/mol. The van der Waals surface area contributed by atoms with Crippen molar-refractivity contribution in [1.29, 1.82) is 10.5 Å². The first-order valence-corrected chi connectivity index (χ1v) is 11.2. The van der Waals surface area contributed by atoms with Gasteiger partial charge in [-0.2, -0.15) is 15.6 Å². The maximum Gasteiger partial charge on any atom is 0.179 e. The van der Waals surface area contributed by atoms with E-state index < -0.39 is 0 Å². The van der Waals surface area contributed by atoms with Crippen LogP contribution in [0.25, 0.3) is 17.3 Å². The maximum atomic E-state index is 9.78. The van der Waals surface area contributed by atoms with Gasteiger partial charge in [-0.3, -0.25) is 0 Å². The van der Waals surface area contributed by atoms with E-state index >= 15 is 0 Å². The fourth-order valence-corrected chi connectivity index (χ4v) is 4.37. The minimum absolute atomic E-state index is 0.128. The van der Waals surface area contributed by atoms with Crippen molar-refractivity contribution in [3.8, 4) is 17.8 Å². The SMILES string of the molecule is N#C/C(=C/c1cc(Br)c(Sc2ccc(Cl)cc2)o1)c1nn(-c2ccccc2)c(N)c1C#N. The lowest BCUT2D eigenvalue weighted by atomic mass is 10.1. The third-order valence-electron chi connectivity index (χ3n) is 4.39. The number of rotatable bonds is 5. The first kappa shape index (κ1) is 21.8. The van der Waals surface area contributed by atoms with E-state index in [9.17, 15) is 10.5 Å². The van der Waals surface area contributed by atoms with Gasteiger partial charge in [0.25, 0.3) is 0 Å². The molecule has 0 saturated heterocycles. The Bertz CT molecular complexity index is 1400. The lowest BCUT2D eigenvalue weighted by molar-refractivity contribution is 0.463. The molecule has 0 aliphatic carbocycles. The topological polar surface area (TPSA) is 105 Å². The summed E-state index contributed by atoms with van der Waals surface area (Å²) in [6.45, 7) is 0. The van der Waals surface area contributed by atoms with Crippen molar-refractivity contribution >= 4 is 56.8 Å². The van der Waals surface area contributed by atoms with Crippen molar-refractivity contribution in [2.45, 2.75) is 9.99 Å². The van der Waals surface area contributed by atoms with Gasteiger partial charge >= 0.3 is 0 Å². The van der Waals surface area contributed by atoms with Crippen molar-refractivity contribution in [3.63, 3.8) is 0 Å². The normalized spacial score (nSPS) is 11.2. The summed E-state index contributed by atoms with van der Waals surface area (Å²) in [5.41, 5.74) is 7.32. The summed E-state index contributed by atoms with van der Waals surface area (Å²) in [5.74, 6) is 0.594. The smallest absolute Gasteiger partial charge is 0.179 e. The Morgan fingerprint density at radius 1 is 1.16 bits per heavy atom. The first-order valence-electron chi connectivity index (χ1n) is 9.19. The van der Waals surface area contributed by atoms with Gasteiger partial charge in [-0.1, -0.05) is 41.6 Å². The van der Waals surface area contributed by atoms with Crippen LogP contribution in [0.2, 0.25) is 5.02 Å². The highest BCUT2D eigenvalue weighted by molar-refractivity contribution is 9.10. The zero-order chi connectivity index (χ0) is 22.7. The highest BCUT2D eigenvalue weighted by Gasteiger charge is 2.21. The van der Waals surface area contributed by atoms with E-state index in [-0.39, 0.29) is 22.6 Å². The van der Waals surface area contributed by atoms with Gasteiger partial charge in [-0.05, 0) is 58.4 Å². The highest BCUT2D eigenvalue weighted by atomic mass is 79.9. The Hall–Kier alpha value is -3.43. The van der Waals surface area contributed by atoms with Crippen LogP contribution in [0.15, 0.2) is 79.5 Å². The minimum Gasteiger partial charge on any atom is -0.449 e. The largest absolute Gasteiger partial charge is 0.449 e. The van der Waals surface area contributed by atoms with Crippen LogP contribution in [0.3, 0.4) is 0 Å². The molecule has 0 spiro atoms. The second-order valence-corrected chi connectivity index (χ2v) is 8.82. The molecule has 0 radical (unpaired) electrons. The molecule has 156 valence electrons. The van der Waals surface area contributed by atoms with Crippen LogP contribution in [0.5, 0.6) is 0 Å². The maximum absolute atomic E-state index is 9.78. The van der Waals surface area contributed by atoms with Gasteiger partial charge in [0.15, 0.2) is 5.09 Å². The average molecular weight is 523 g/mol. The van der Waals surface area contributed by atoms with Crippen LogP contribution in [-0.2, 0) is 0 Å². The summed E-state index contributed by atoms with van der Waals surface area (Å²) in [5, 5.41) is 25.1. The molecule has 9 heteroatoms. The summed E-state index contributed by atoms with van der Waals surface area (Å²) in [6, 6.07) is 22.4. The molecule has 4 rings (SSSR count). The lowest BCUT2D eigenvalue weighted by Crippen LogP contribution is -2.02. The van der Waals surface area contributed by atoms with Crippen LogP contribution >= 0.6 is 39.3 Å². The molecular formula is C23H13BrClN5OS. The third-order valence-corrected chi connectivity index (χ3v) is 6.49. The highest BCUT2D eigenvalue weighted by Crippen LogP contribution is 2.37. The third kappa shape index (κ3) is 4.44.